The highest BCUT2D eigenvalue weighted by atomic mass is 16.6. The molecule has 5 atom stereocenters. The molecule has 0 aliphatic carbocycles. The van der Waals surface area contributed by atoms with E-state index in [0.717, 1.165) is 0 Å². The molecule has 6 nitrogen and oxygen atoms in total. The quantitative estimate of drug-likeness (QED) is 0.514. The molecule has 0 aromatic heterocycles. The summed E-state index contributed by atoms with van der Waals surface area (Å²) in [6.45, 7) is 1.53. The Morgan fingerprint density at radius 2 is 1.93 bits per heavy atom. The van der Waals surface area contributed by atoms with Gasteiger partial charge in [0.05, 0.1) is 6.10 Å². The van der Waals surface area contributed by atoms with Crippen LogP contribution in [0.15, 0.2) is 0 Å². The zero-order valence-electron chi connectivity index (χ0n) is 7.95. The summed E-state index contributed by atoms with van der Waals surface area (Å²) in [5, 5.41) is 27.7. The lowest BCUT2D eigenvalue weighted by molar-refractivity contribution is -0.229. The molecular formula is C8H14O6. The minimum atomic E-state index is -1.36. The van der Waals surface area contributed by atoms with Crippen molar-refractivity contribution < 1.29 is 29.6 Å². The molecule has 0 amide bonds. The predicted octanol–water partition coefficient (Wildman–Crippen LogP) is -1.40. The van der Waals surface area contributed by atoms with Crippen molar-refractivity contribution in [2.45, 2.75) is 37.4 Å². The van der Waals surface area contributed by atoms with E-state index >= 15 is 0 Å². The second-order valence-electron chi connectivity index (χ2n) is 3.28. The molecule has 1 heterocycles. The molecule has 0 spiro atoms. The van der Waals surface area contributed by atoms with Crippen molar-refractivity contribution in [3.63, 3.8) is 0 Å². The van der Waals surface area contributed by atoms with Crippen molar-refractivity contribution in [3.8, 4) is 0 Å². The second-order valence-corrected chi connectivity index (χ2v) is 3.28. The van der Waals surface area contributed by atoms with Gasteiger partial charge in [0.15, 0.2) is 6.10 Å². The Hall–Kier alpha value is -0.690. The number of aliphatic hydroxyl groups excluding tert-OH is 2. The van der Waals surface area contributed by atoms with Crippen molar-refractivity contribution in [2.24, 2.45) is 0 Å². The smallest absolute Gasteiger partial charge is 0.335 e. The van der Waals surface area contributed by atoms with Gasteiger partial charge in [-0.2, -0.15) is 0 Å². The third-order valence-corrected chi connectivity index (χ3v) is 2.34. The summed E-state index contributed by atoms with van der Waals surface area (Å²) in [4.78, 5) is 10.7. The van der Waals surface area contributed by atoms with Gasteiger partial charge in [0, 0.05) is 7.11 Å². The molecule has 0 aromatic carbocycles. The fraction of sp³-hybridized carbons (Fsp3) is 0.875. The summed E-state index contributed by atoms with van der Waals surface area (Å²) in [5.41, 5.74) is 0. The molecule has 1 aliphatic heterocycles. The van der Waals surface area contributed by atoms with Crippen LogP contribution >= 0.6 is 0 Å². The number of carboxylic acid groups (broad SMARTS) is 1. The molecule has 14 heavy (non-hydrogen) atoms. The Morgan fingerprint density at radius 3 is 2.36 bits per heavy atom. The molecule has 2 unspecified atom stereocenters. The third-order valence-electron chi connectivity index (χ3n) is 2.34. The zero-order chi connectivity index (χ0) is 10.9. The molecule has 1 aliphatic rings. The van der Waals surface area contributed by atoms with Gasteiger partial charge >= 0.3 is 5.97 Å². The largest absolute Gasteiger partial charge is 0.479 e. The van der Waals surface area contributed by atoms with E-state index in [0.29, 0.717) is 0 Å². The van der Waals surface area contributed by atoms with E-state index in [-0.39, 0.29) is 0 Å². The summed E-state index contributed by atoms with van der Waals surface area (Å²) in [7, 11) is 1.30. The Bertz CT molecular complexity index is 218. The number of hydrogen-bond donors (Lipinski definition) is 3. The topological polar surface area (TPSA) is 96.2 Å². The van der Waals surface area contributed by atoms with E-state index in [1.54, 1.807) is 0 Å². The lowest BCUT2D eigenvalue weighted by Gasteiger charge is -2.39. The Kier molecular flexibility index (Phi) is 3.43. The van der Waals surface area contributed by atoms with Gasteiger partial charge in [0.2, 0.25) is 0 Å². The normalized spacial score (nSPS) is 43.6. The van der Waals surface area contributed by atoms with Crippen LogP contribution in [0.5, 0.6) is 0 Å². The predicted molar refractivity (Wildman–Crippen MR) is 44.8 cm³/mol. The highest BCUT2D eigenvalue weighted by Crippen LogP contribution is 2.22. The van der Waals surface area contributed by atoms with Gasteiger partial charge in [-0.1, -0.05) is 0 Å². The number of aliphatic carboxylic acids is 1. The number of aliphatic hydroxyl groups is 2. The van der Waals surface area contributed by atoms with Gasteiger partial charge in [0.1, 0.15) is 18.3 Å². The maximum absolute atomic E-state index is 10.7. The van der Waals surface area contributed by atoms with E-state index in [9.17, 15) is 15.0 Å². The first-order chi connectivity index (χ1) is 6.49. The Morgan fingerprint density at radius 1 is 1.36 bits per heavy atom. The fourth-order valence-corrected chi connectivity index (χ4v) is 1.52. The maximum atomic E-state index is 10.7. The van der Waals surface area contributed by atoms with Crippen LogP contribution in [0.25, 0.3) is 0 Å². The van der Waals surface area contributed by atoms with E-state index in [2.05, 4.69) is 0 Å². The van der Waals surface area contributed by atoms with Crippen LogP contribution in [0.4, 0.5) is 0 Å². The minimum Gasteiger partial charge on any atom is -0.479 e. The molecule has 1 saturated heterocycles. The van der Waals surface area contributed by atoms with E-state index < -0.39 is 36.5 Å². The first-order valence-electron chi connectivity index (χ1n) is 4.26. The van der Waals surface area contributed by atoms with Crippen LogP contribution in [-0.2, 0) is 14.3 Å². The number of carboxylic acids is 1. The minimum absolute atomic E-state index is 0.676. The molecule has 1 rings (SSSR count). The highest BCUT2D eigenvalue weighted by Gasteiger charge is 2.46. The molecular weight excluding hydrogens is 192 g/mol. The molecule has 0 saturated carbocycles. The summed E-state index contributed by atoms with van der Waals surface area (Å²) < 4.78 is 9.75. The standard InChI is InChI=1S/C8H14O6/c1-3-4(9)6(13-2)5(10)7(14-3)8(11)12/h3-7,9-10H,1-2H3,(H,11,12)/t3-,4?,5-,6-,7?/m1/s1. The highest BCUT2D eigenvalue weighted by molar-refractivity contribution is 5.73. The number of methoxy groups -OCH3 is 1. The molecule has 0 aromatic rings. The van der Waals surface area contributed by atoms with Crippen molar-refractivity contribution in [1.29, 1.82) is 0 Å². The summed E-state index contributed by atoms with van der Waals surface area (Å²) in [6, 6.07) is 0. The van der Waals surface area contributed by atoms with Gasteiger partial charge in [-0.05, 0) is 6.92 Å². The van der Waals surface area contributed by atoms with Crippen LogP contribution in [0.2, 0.25) is 0 Å². The summed E-state index contributed by atoms with van der Waals surface area (Å²) in [5.74, 6) is -1.27. The van der Waals surface area contributed by atoms with Gasteiger partial charge < -0.3 is 24.8 Å². The maximum Gasteiger partial charge on any atom is 0.335 e. The average molecular weight is 206 g/mol. The van der Waals surface area contributed by atoms with Gasteiger partial charge in [-0.25, -0.2) is 4.79 Å². The van der Waals surface area contributed by atoms with Crippen molar-refractivity contribution in [2.75, 3.05) is 7.11 Å². The third kappa shape index (κ3) is 1.88. The molecule has 1 fully saturated rings. The van der Waals surface area contributed by atoms with E-state index in [1.807, 2.05) is 0 Å². The fourth-order valence-electron chi connectivity index (χ4n) is 1.52. The molecule has 0 bridgehead atoms. The number of carbonyl (C=O) groups is 1. The SMILES string of the molecule is CO[C@@H]1C(O)[C@@H](C)OC(C(=O)O)[C@@H]1O. The Balaban J connectivity index is 2.80. The monoisotopic (exact) mass is 206 g/mol. The van der Waals surface area contributed by atoms with Crippen molar-refractivity contribution in [1.82, 2.24) is 0 Å². The van der Waals surface area contributed by atoms with E-state index in [1.165, 1.54) is 14.0 Å². The Labute approximate surface area is 81.1 Å². The van der Waals surface area contributed by atoms with Gasteiger partial charge in [-0.3, -0.25) is 0 Å². The molecule has 6 heteroatoms. The average Bonchev–Trinajstić information content (AvgIpc) is 2.12. The van der Waals surface area contributed by atoms with E-state index in [4.69, 9.17) is 14.6 Å². The first kappa shape index (κ1) is 11.4. The van der Waals surface area contributed by atoms with Crippen LogP contribution in [0.1, 0.15) is 6.92 Å². The second kappa shape index (κ2) is 4.22. The van der Waals surface area contributed by atoms with Crippen molar-refractivity contribution >= 4 is 5.97 Å². The number of ether oxygens (including phenoxy) is 2. The van der Waals surface area contributed by atoms with Gasteiger partial charge in [-0.15, -0.1) is 0 Å². The van der Waals surface area contributed by atoms with Crippen LogP contribution in [0.3, 0.4) is 0 Å². The first-order valence-corrected chi connectivity index (χ1v) is 4.26. The van der Waals surface area contributed by atoms with Crippen LogP contribution in [-0.4, -0.2) is 58.9 Å². The molecule has 82 valence electrons. The van der Waals surface area contributed by atoms with Crippen LogP contribution < -0.4 is 0 Å². The number of hydrogen-bond acceptors (Lipinski definition) is 5. The summed E-state index contributed by atoms with van der Waals surface area (Å²) in [6.07, 6.45) is -5.34. The number of rotatable bonds is 2. The lowest BCUT2D eigenvalue weighted by atomic mass is 9.95. The van der Waals surface area contributed by atoms with Crippen LogP contribution in [0, 0.1) is 0 Å². The molecule has 3 N–H and O–H groups in total. The zero-order valence-corrected chi connectivity index (χ0v) is 7.95. The van der Waals surface area contributed by atoms with Crippen molar-refractivity contribution in [3.05, 3.63) is 0 Å². The lowest BCUT2D eigenvalue weighted by Crippen LogP contribution is -2.59. The summed E-state index contributed by atoms with van der Waals surface area (Å²) >= 11 is 0. The molecule has 0 radical (unpaired) electrons. The van der Waals surface area contributed by atoms with Gasteiger partial charge in [0.25, 0.3) is 0 Å².